The van der Waals surface area contributed by atoms with Gasteiger partial charge in [0.15, 0.2) is 0 Å². The average molecular weight is 455 g/mol. The molecule has 29 heavy (non-hydrogen) atoms. The Kier molecular flexibility index (Phi) is 4.72. The second kappa shape index (κ2) is 7.39. The third kappa shape index (κ3) is 3.09. The van der Waals surface area contributed by atoms with Crippen LogP contribution in [0.5, 0.6) is 0 Å². The Labute approximate surface area is 176 Å². The molecule has 148 valence electrons. The first-order valence-corrected chi connectivity index (χ1v) is 10.5. The molecule has 4 aromatic rings. The number of pyridine rings is 1. The summed E-state index contributed by atoms with van der Waals surface area (Å²) in [5.41, 5.74) is 4.29. The molecule has 0 spiro atoms. The van der Waals surface area contributed by atoms with Gasteiger partial charge in [-0.1, -0.05) is 19.1 Å². The predicted octanol–water partition coefficient (Wildman–Crippen LogP) is 4.87. The Hall–Kier alpha value is -2.51. The van der Waals surface area contributed by atoms with Crippen LogP contribution in [0.2, 0.25) is 0 Å². The number of ether oxygens (including phenoxy) is 1. The molecular formula is C22H20BrFN4O. The van der Waals surface area contributed by atoms with E-state index >= 15 is 0 Å². The molecule has 2 aromatic carbocycles. The number of nitrogens with zero attached hydrogens (tertiary/aromatic N) is 4. The van der Waals surface area contributed by atoms with Crippen LogP contribution in [0, 0.1) is 5.82 Å². The highest BCUT2D eigenvalue weighted by Gasteiger charge is 2.20. The fourth-order valence-electron chi connectivity index (χ4n) is 4.00. The third-order valence-corrected chi connectivity index (χ3v) is 6.00. The Morgan fingerprint density at radius 3 is 2.76 bits per heavy atom. The van der Waals surface area contributed by atoms with Crippen LogP contribution in [-0.4, -0.2) is 40.8 Å². The molecule has 0 radical (unpaired) electrons. The number of aryl methyl sites for hydroxylation is 1. The van der Waals surface area contributed by atoms with Gasteiger partial charge < -0.3 is 9.64 Å². The normalized spacial score (nSPS) is 14.8. The fourth-order valence-corrected chi connectivity index (χ4v) is 4.53. The van der Waals surface area contributed by atoms with Crippen molar-refractivity contribution in [3.63, 3.8) is 0 Å². The standard InChI is InChI=1S/C22H20BrFN4O/c1-2-20-26-22-16(23)12-14(27-8-10-29-11-9-27)13-19(22)28(20)18-6-7-25-21-15(18)4-3-5-17(21)24/h3-7,12-13H,2,8-11H2,1H3. The van der Waals surface area contributed by atoms with Crippen LogP contribution in [0.25, 0.3) is 27.6 Å². The van der Waals surface area contributed by atoms with Crippen LogP contribution in [0.1, 0.15) is 12.7 Å². The SMILES string of the molecule is CCc1nc2c(Br)cc(N3CCOCC3)cc2n1-c1ccnc2c(F)cccc12. The first-order valence-electron chi connectivity index (χ1n) is 9.74. The van der Waals surface area contributed by atoms with Crippen LogP contribution >= 0.6 is 15.9 Å². The van der Waals surface area contributed by atoms with Crippen molar-refractivity contribution in [2.24, 2.45) is 0 Å². The Balaban J connectivity index is 1.79. The first-order chi connectivity index (χ1) is 14.2. The van der Waals surface area contributed by atoms with Crippen molar-refractivity contribution in [2.45, 2.75) is 13.3 Å². The van der Waals surface area contributed by atoms with E-state index in [1.807, 2.05) is 12.1 Å². The summed E-state index contributed by atoms with van der Waals surface area (Å²) < 4.78 is 22.9. The molecule has 0 saturated carbocycles. The van der Waals surface area contributed by atoms with E-state index in [0.717, 1.165) is 70.8 Å². The van der Waals surface area contributed by atoms with Gasteiger partial charge in [-0.25, -0.2) is 9.37 Å². The molecule has 7 heteroatoms. The van der Waals surface area contributed by atoms with E-state index in [-0.39, 0.29) is 5.82 Å². The number of halogens is 2. The predicted molar refractivity (Wildman–Crippen MR) is 116 cm³/mol. The number of rotatable bonds is 3. The highest BCUT2D eigenvalue weighted by atomic mass is 79.9. The molecule has 3 heterocycles. The van der Waals surface area contributed by atoms with Gasteiger partial charge in [0.1, 0.15) is 22.7 Å². The highest BCUT2D eigenvalue weighted by molar-refractivity contribution is 9.10. The quantitative estimate of drug-likeness (QED) is 0.442. The number of aromatic nitrogens is 3. The number of hydrogen-bond acceptors (Lipinski definition) is 4. The van der Waals surface area contributed by atoms with Crippen LogP contribution in [0.15, 0.2) is 47.1 Å². The molecule has 0 atom stereocenters. The number of hydrogen-bond donors (Lipinski definition) is 0. The van der Waals surface area contributed by atoms with Crippen molar-refractivity contribution in [1.82, 2.24) is 14.5 Å². The Morgan fingerprint density at radius 2 is 1.97 bits per heavy atom. The van der Waals surface area contributed by atoms with E-state index in [1.54, 1.807) is 12.3 Å². The molecule has 0 unspecified atom stereocenters. The number of fused-ring (bicyclic) bond motifs is 2. The third-order valence-electron chi connectivity index (χ3n) is 5.40. The molecule has 1 aliphatic rings. The maximum atomic E-state index is 14.4. The summed E-state index contributed by atoms with van der Waals surface area (Å²) in [7, 11) is 0. The van der Waals surface area contributed by atoms with Gasteiger partial charge in [-0.3, -0.25) is 9.55 Å². The van der Waals surface area contributed by atoms with Gasteiger partial charge in [-0.2, -0.15) is 0 Å². The summed E-state index contributed by atoms with van der Waals surface area (Å²) >= 11 is 3.72. The molecule has 5 rings (SSSR count). The number of imidazole rings is 1. The Morgan fingerprint density at radius 1 is 1.14 bits per heavy atom. The minimum atomic E-state index is -0.318. The van der Waals surface area contributed by atoms with Gasteiger partial charge in [0.05, 0.1) is 24.4 Å². The van der Waals surface area contributed by atoms with E-state index in [0.29, 0.717) is 5.52 Å². The zero-order valence-corrected chi connectivity index (χ0v) is 17.6. The number of anilines is 1. The summed E-state index contributed by atoms with van der Waals surface area (Å²) in [6, 6.07) is 11.3. The van der Waals surface area contributed by atoms with Crippen molar-refractivity contribution in [3.8, 4) is 5.69 Å². The maximum absolute atomic E-state index is 14.4. The molecule has 2 aromatic heterocycles. The monoisotopic (exact) mass is 454 g/mol. The van der Waals surface area contributed by atoms with Gasteiger partial charge in [-0.05, 0) is 40.2 Å². The molecule has 1 aliphatic heterocycles. The topological polar surface area (TPSA) is 43.2 Å². The van der Waals surface area contributed by atoms with Crippen molar-refractivity contribution in [1.29, 1.82) is 0 Å². The zero-order valence-electron chi connectivity index (χ0n) is 16.0. The van der Waals surface area contributed by atoms with Crippen LogP contribution in [0.3, 0.4) is 0 Å². The second-order valence-electron chi connectivity index (χ2n) is 7.08. The van der Waals surface area contributed by atoms with Gasteiger partial charge >= 0.3 is 0 Å². The van der Waals surface area contributed by atoms with Gasteiger partial charge in [-0.15, -0.1) is 0 Å². The highest BCUT2D eigenvalue weighted by Crippen LogP contribution is 2.34. The lowest BCUT2D eigenvalue weighted by molar-refractivity contribution is 0.122. The van der Waals surface area contributed by atoms with Crippen molar-refractivity contribution in [2.75, 3.05) is 31.2 Å². The van der Waals surface area contributed by atoms with E-state index < -0.39 is 0 Å². The van der Waals surface area contributed by atoms with Gasteiger partial charge in [0, 0.05) is 41.3 Å². The van der Waals surface area contributed by atoms with E-state index in [4.69, 9.17) is 9.72 Å². The summed E-state index contributed by atoms with van der Waals surface area (Å²) in [4.78, 5) is 11.5. The number of para-hydroxylation sites is 1. The molecule has 5 nitrogen and oxygen atoms in total. The molecule has 0 amide bonds. The smallest absolute Gasteiger partial charge is 0.149 e. The van der Waals surface area contributed by atoms with Gasteiger partial charge in [0.2, 0.25) is 0 Å². The van der Waals surface area contributed by atoms with Crippen LogP contribution in [-0.2, 0) is 11.2 Å². The maximum Gasteiger partial charge on any atom is 0.149 e. The Bertz CT molecular complexity index is 1220. The number of benzene rings is 2. The molecule has 0 bridgehead atoms. The summed E-state index contributed by atoms with van der Waals surface area (Å²) in [6.45, 7) is 5.25. The van der Waals surface area contributed by atoms with E-state index in [2.05, 4.69) is 49.4 Å². The molecular weight excluding hydrogens is 435 g/mol. The molecule has 0 aliphatic carbocycles. The van der Waals surface area contributed by atoms with Crippen LogP contribution < -0.4 is 4.90 Å². The van der Waals surface area contributed by atoms with Gasteiger partial charge in [0.25, 0.3) is 0 Å². The lowest BCUT2D eigenvalue weighted by atomic mass is 10.1. The summed E-state index contributed by atoms with van der Waals surface area (Å²) in [5.74, 6) is 0.610. The molecule has 0 N–H and O–H groups in total. The lowest BCUT2D eigenvalue weighted by Gasteiger charge is -2.29. The average Bonchev–Trinajstić information content (AvgIpc) is 3.13. The van der Waals surface area contributed by atoms with Crippen LogP contribution in [0.4, 0.5) is 10.1 Å². The fraction of sp³-hybridized carbons (Fsp3) is 0.273. The lowest BCUT2D eigenvalue weighted by Crippen LogP contribution is -2.36. The first kappa shape index (κ1) is 18.5. The van der Waals surface area contributed by atoms with Crippen molar-refractivity contribution in [3.05, 3.63) is 58.7 Å². The second-order valence-corrected chi connectivity index (χ2v) is 7.93. The van der Waals surface area contributed by atoms with Crippen molar-refractivity contribution < 1.29 is 9.13 Å². The largest absolute Gasteiger partial charge is 0.378 e. The van der Waals surface area contributed by atoms with E-state index in [1.165, 1.54) is 6.07 Å². The summed E-state index contributed by atoms with van der Waals surface area (Å²) in [6.07, 6.45) is 2.42. The van der Waals surface area contributed by atoms with Crippen molar-refractivity contribution >= 4 is 43.6 Å². The van der Waals surface area contributed by atoms with E-state index in [9.17, 15) is 4.39 Å². The molecule has 1 fully saturated rings. The zero-order chi connectivity index (χ0) is 20.0. The summed E-state index contributed by atoms with van der Waals surface area (Å²) in [5, 5.41) is 0.773. The minimum absolute atomic E-state index is 0.318. The molecule has 1 saturated heterocycles. The minimum Gasteiger partial charge on any atom is -0.378 e. The number of morpholine rings is 1.